The Bertz CT molecular complexity index is 1190. The SMILES string of the molecule is CCN1CCN(c2c(CN(C(=O)c3cccc(Br)c3)C(C)C)c(C)nn2-c2cccc(F)c2)CC1. The van der Waals surface area contributed by atoms with Gasteiger partial charge in [-0.2, -0.15) is 5.10 Å². The van der Waals surface area contributed by atoms with E-state index in [-0.39, 0.29) is 17.8 Å². The number of carbonyl (C=O) groups excluding carboxylic acids is 1. The molecule has 0 atom stereocenters. The van der Waals surface area contributed by atoms with Crippen molar-refractivity contribution in [3.8, 4) is 5.69 Å². The van der Waals surface area contributed by atoms with Crippen molar-refractivity contribution in [2.75, 3.05) is 37.6 Å². The molecule has 0 spiro atoms. The summed E-state index contributed by atoms with van der Waals surface area (Å²) in [6, 6.07) is 14.0. The number of carbonyl (C=O) groups is 1. The molecule has 0 radical (unpaired) electrons. The number of hydrogen-bond acceptors (Lipinski definition) is 4. The molecule has 0 unspecified atom stereocenters. The van der Waals surface area contributed by atoms with Crippen LogP contribution in [0.2, 0.25) is 0 Å². The topological polar surface area (TPSA) is 44.6 Å². The Morgan fingerprint density at radius 2 is 1.83 bits per heavy atom. The van der Waals surface area contributed by atoms with E-state index in [0.29, 0.717) is 17.8 Å². The molecule has 1 aromatic heterocycles. The van der Waals surface area contributed by atoms with Crippen LogP contribution >= 0.6 is 15.9 Å². The van der Waals surface area contributed by atoms with Crippen molar-refractivity contribution >= 4 is 27.7 Å². The van der Waals surface area contributed by atoms with Gasteiger partial charge in [0.25, 0.3) is 5.91 Å². The minimum atomic E-state index is -0.299. The number of nitrogens with zero attached hydrogens (tertiary/aromatic N) is 5. The van der Waals surface area contributed by atoms with Gasteiger partial charge in [-0.3, -0.25) is 4.79 Å². The van der Waals surface area contributed by atoms with Crippen LogP contribution in [0.3, 0.4) is 0 Å². The Balaban J connectivity index is 1.76. The Morgan fingerprint density at radius 3 is 2.46 bits per heavy atom. The lowest BCUT2D eigenvalue weighted by Gasteiger charge is -2.36. The first-order chi connectivity index (χ1) is 16.8. The molecule has 1 amide bonds. The molecule has 0 aliphatic carbocycles. The number of likely N-dealkylation sites (N-methyl/N-ethyl adjacent to an activating group) is 1. The van der Waals surface area contributed by atoms with Crippen molar-refractivity contribution in [1.29, 1.82) is 0 Å². The van der Waals surface area contributed by atoms with Crippen molar-refractivity contribution in [3.05, 3.63) is 75.6 Å². The van der Waals surface area contributed by atoms with Gasteiger partial charge >= 0.3 is 0 Å². The first kappa shape index (κ1) is 25.4. The van der Waals surface area contributed by atoms with Gasteiger partial charge in [-0.1, -0.05) is 35.0 Å². The standard InChI is InChI=1S/C27H33BrFN5O/c1-5-31-12-14-32(15-13-31)26-25(20(4)30-34(26)24-11-7-10-23(29)17-24)18-33(19(2)3)27(35)21-8-6-9-22(28)16-21/h6-11,16-17,19H,5,12-15,18H2,1-4H3. The highest BCUT2D eigenvalue weighted by atomic mass is 79.9. The van der Waals surface area contributed by atoms with Crippen LogP contribution in [-0.4, -0.2) is 64.3 Å². The van der Waals surface area contributed by atoms with Gasteiger partial charge in [0.2, 0.25) is 0 Å². The zero-order valence-corrected chi connectivity index (χ0v) is 22.4. The predicted octanol–water partition coefficient (Wildman–Crippen LogP) is 5.28. The van der Waals surface area contributed by atoms with E-state index in [1.165, 1.54) is 12.1 Å². The van der Waals surface area contributed by atoms with E-state index in [1.54, 1.807) is 6.07 Å². The van der Waals surface area contributed by atoms with E-state index in [9.17, 15) is 9.18 Å². The summed E-state index contributed by atoms with van der Waals surface area (Å²) < 4.78 is 16.9. The second kappa shape index (κ2) is 10.9. The van der Waals surface area contributed by atoms with Gasteiger partial charge in [-0.25, -0.2) is 9.07 Å². The van der Waals surface area contributed by atoms with Crippen LogP contribution in [0.1, 0.15) is 42.4 Å². The molecule has 35 heavy (non-hydrogen) atoms. The van der Waals surface area contributed by atoms with E-state index in [4.69, 9.17) is 5.10 Å². The molecule has 2 heterocycles. The Morgan fingerprint density at radius 1 is 1.11 bits per heavy atom. The fourth-order valence-electron chi connectivity index (χ4n) is 4.57. The predicted molar refractivity (Wildman–Crippen MR) is 142 cm³/mol. The number of amides is 1. The van der Waals surface area contributed by atoms with Gasteiger partial charge in [-0.15, -0.1) is 0 Å². The lowest BCUT2D eigenvalue weighted by atomic mass is 10.1. The summed E-state index contributed by atoms with van der Waals surface area (Å²) in [7, 11) is 0. The third-order valence-electron chi connectivity index (χ3n) is 6.61. The summed E-state index contributed by atoms with van der Waals surface area (Å²) in [5.74, 6) is 0.616. The molecule has 186 valence electrons. The summed E-state index contributed by atoms with van der Waals surface area (Å²) in [5, 5.41) is 4.84. The zero-order chi connectivity index (χ0) is 25.1. The number of piperazine rings is 1. The number of rotatable bonds is 7. The average molecular weight is 542 g/mol. The Kier molecular flexibility index (Phi) is 7.91. The Labute approximate surface area is 215 Å². The van der Waals surface area contributed by atoms with E-state index >= 15 is 0 Å². The smallest absolute Gasteiger partial charge is 0.254 e. The maximum absolute atomic E-state index is 14.2. The summed E-state index contributed by atoms with van der Waals surface area (Å²) >= 11 is 3.48. The number of hydrogen-bond donors (Lipinski definition) is 0. The summed E-state index contributed by atoms with van der Waals surface area (Å²) in [4.78, 5) is 20.2. The lowest BCUT2D eigenvalue weighted by molar-refractivity contribution is 0.0690. The van der Waals surface area contributed by atoms with Crippen LogP contribution in [-0.2, 0) is 6.54 Å². The number of aryl methyl sites for hydroxylation is 1. The molecule has 1 fully saturated rings. The van der Waals surface area contributed by atoms with Gasteiger partial charge in [0.05, 0.1) is 17.9 Å². The first-order valence-electron chi connectivity index (χ1n) is 12.2. The van der Waals surface area contributed by atoms with Crippen LogP contribution in [0.5, 0.6) is 0 Å². The molecule has 1 saturated heterocycles. The molecule has 4 rings (SSSR count). The van der Waals surface area contributed by atoms with E-state index < -0.39 is 0 Å². The van der Waals surface area contributed by atoms with Gasteiger partial charge in [-0.05, 0) is 63.7 Å². The average Bonchev–Trinajstić information content (AvgIpc) is 3.17. The van der Waals surface area contributed by atoms with Gasteiger partial charge < -0.3 is 14.7 Å². The maximum atomic E-state index is 14.2. The van der Waals surface area contributed by atoms with E-state index in [1.807, 2.05) is 60.7 Å². The van der Waals surface area contributed by atoms with Crippen molar-refractivity contribution in [2.45, 2.75) is 40.3 Å². The number of aromatic nitrogens is 2. The molecular weight excluding hydrogens is 509 g/mol. The minimum absolute atomic E-state index is 0.0109. The number of anilines is 1. The lowest BCUT2D eigenvalue weighted by Crippen LogP contribution is -2.47. The van der Waals surface area contributed by atoms with Crippen LogP contribution in [0.25, 0.3) is 5.69 Å². The van der Waals surface area contributed by atoms with Crippen molar-refractivity contribution < 1.29 is 9.18 Å². The van der Waals surface area contributed by atoms with Crippen molar-refractivity contribution in [3.63, 3.8) is 0 Å². The molecule has 8 heteroatoms. The summed E-state index contributed by atoms with van der Waals surface area (Å²) in [6.45, 7) is 13.3. The van der Waals surface area contributed by atoms with Crippen LogP contribution in [0.15, 0.2) is 53.0 Å². The van der Waals surface area contributed by atoms with Crippen molar-refractivity contribution in [1.82, 2.24) is 19.6 Å². The minimum Gasteiger partial charge on any atom is -0.354 e. The molecule has 1 aliphatic rings. The second-order valence-electron chi connectivity index (χ2n) is 9.24. The van der Waals surface area contributed by atoms with Crippen LogP contribution in [0, 0.1) is 12.7 Å². The third kappa shape index (κ3) is 5.59. The molecule has 0 saturated carbocycles. The molecular formula is C27H33BrFN5O. The molecule has 1 aliphatic heterocycles. The highest BCUT2D eigenvalue weighted by Crippen LogP contribution is 2.31. The van der Waals surface area contributed by atoms with E-state index in [0.717, 1.165) is 54.3 Å². The highest BCUT2D eigenvalue weighted by molar-refractivity contribution is 9.10. The summed E-state index contributed by atoms with van der Waals surface area (Å²) in [6.07, 6.45) is 0. The largest absolute Gasteiger partial charge is 0.354 e. The summed E-state index contributed by atoms with van der Waals surface area (Å²) in [5.41, 5.74) is 3.16. The fourth-order valence-corrected chi connectivity index (χ4v) is 4.97. The van der Waals surface area contributed by atoms with Crippen molar-refractivity contribution in [2.24, 2.45) is 0 Å². The highest BCUT2D eigenvalue weighted by Gasteiger charge is 2.29. The monoisotopic (exact) mass is 541 g/mol. The molecule has 0 N–H and O–H groups in total. The molecule has 6 nitrogen and oxygen atoms in total. The third-order valence-corrected chi connectivity index (χ3v) is 7.11. The molecule has 0 bridgehead atoms. The van der Waals surface area contributed by atoms with Gasteiger partial charge in [0.1, 0.15) is 11.6 Å². The van der Waals surface area contributed by atoms with Crippen LogP contribution < -0.4 is 4.90 Å². The molecule has 2 aromatic carbocycles. The second-order valence-corrected chi connectivity index (χ2v) is 10.2. The van der Waals surface area contributed by atoms with Crippen LogP contribution in [0.4, 0.5) is 10.2 Å². The molecule has 3 aromatic rings. The van der Waals surface area contributed by atoms with Gasteiger partial charge in [0, 0.05) is 47.8 Å². The van der Waals surface area contributed by atoms with Gasteiger partial charge in [0.15, 0.2) is 0 Å². The fraction of sp³-hybridized carbons (Fsp3) is 0.407. The Hall–Kier alpha value is -2.71. The maximum Gasteiger partial charge on any atom is 0.254 e. The number of halogens is 2. The first-order valence-corrected chi connectivity index (χ1v) is 13.0. The van der Waals surface area contributed by atoms with E-state index in [2.05, 4.69) is 32.7 Å². The normalized spacial score (nSPS) is 14.5. The number of benzene rings is 2. The quantitative estimate of drug-likeness (QED) is 0.408. The zero-order valence-electron chi connectivity index (χ0n) is 20.8.